The van der Waals surface area contributed by atoms with Crippen molar-refractivity contribution in [3.63, 3.8) is 0 Å². The number of carbonyl (C=O) groups is 2. The van der Waals surface area contributed by atoms with Crippen molar-refractivity contribution >= 4 is 23.7 Å². The molecule has 0 spiro atoms. The highest BCUT2D eigenvalue weighted by molar-refractivity contribution is 6.08. The van der Waals surface area contributed by atoms with Crippen LogP contribution in [0.5, 0.6) is 11.5 Å². The Hall–Kier alpha value is -2.86. The van der Waals surface area contributed by atoms with E-state index >= 15 is 0 Å². The molecule has 2 aromatic carbocycles. The van der Waals surface area contributed by atoms with E-state index in [0.717, 1.165) is 6.61 Å². The van der Waals surface area contributed by atoms with E-state index in [4.69, 9.17) is 4.74 Å². The average molecular weight is 314 g/mol. The second-order valence-corrected chi connectivity index (χ2v) is 4.60. The molecule has 0 unspecified atom stereocenters. The Balaban J connectivity index is 0.000000433. The van der Waals surface area contributed by atoms with Gasteiger partial charge in [-0.05, 0) is 37.3 Å². The molecule has 3 rings (SSSR count). The van der Waals surface area contributed by atoms with Crippen LogP contribution in [0.15, 0.2) is 42.5 Å². The maximum atomic E-state index is 12.1. The third-order valence-electron chi connectivity index (χ3n) is 3.09. The number of nitrogens with one attached hydrogen (secondary N) is 2. The molecule has 2 amide bonds. The van der Waals surface area contributed by atoms with Crippen LogP contribution in [0.1, 0.15) is 17.3 Å². The Labute approximate surface area is 134 Å². The molecular weight excluding hydrogens is 296 g/mol. The van der Waals surface area contributed by atoms with E-state index in [-0.39, 0.29) is 5.91 Å². The number of anilines is 2. The number of amides is 2. The lowest BCUT2D eigenvalue weighted by Crippen LogP contribution is -2.10. The maximum absolute atomic E-state index is 12.1. The summed E-state index contributed by atoms with van der Waals surface area (Å²) in [5.41, 5.74) is 1.54. The fourth-order valence-electron chi connectivity index (χ4n) is 1.92. The molecule has 6 heteroatoms. The van der Waals surface area contributed by atoms with E-state index < -0.39 is 0 Å². The molecule has 120 valence electrons. The molecule has 0 fully saturated rings. The van der Waals surface area contributed by atoms with Crippen LogP contribution in [0, 0.1) is 0 Å². The largest absolute Gasteiger partial charge is 0.454 e. The molecule has 2 N–H and O–H groups in total. The van der Waals surface area contributed by atoms with Gasteiger partial charge in [-0.1, -0.05) is 12.1 Å². The van der Waals surface area contributed by atoms with Crippen molar-refractivity contribution in [1.29, 1.82) is 0 Å². The number of ether oxygens (including phenoxy) is 2. The van der Waals surface area contributed by atoms with Crippen molar-refractivity contribution in [3.05, 3.63) is 48.0 Å². The van der Waals surface area contributed by atoms with Gasteiger partial charge in [0.1, 0.15) is 5.75 Å². The molecule has 0 aromatic heterocycles. The second kappa shape index (κ2) is 7.95. The first kappa shape index (κ1) is 16.5. The maximum Gasteiger partial charge on any atom is 0.259 e. The Morgan fingerprint density at radius 2 is 1.96 bits per heavy atom. The summed E-state index contributed by atoms with van der Waals surface area (Å²) in [6.45, 7) is 2.78. The van der Waals surface area contributed by atoms with Crippen LogP contribution >= 0.6 is 0 Å². The summed E-state index contributed by atoms with van der Waals surface area (Å²) in [5.74, 6) is 0.777. The lowest BCUT2D eigenvalue weighted by atomic mass is 10.1. The first-order valence-corrected chi connectivity index (χ1v) is 7.11. The third-order valence-corrected chi connectivity index (χ3v) is 3.09. The van der Waals surface area contributed by atoms with E-state index in [9.17, 15) is 9.59 Å². The molecule has 0 atom stereocenters. The topological polar surface area (TPSA) is 76.7 Å². The quantitative estimate of drug-likeness (QED) is 0.853. The summed E-state index contributed by atoms with van der Waals surface area (Å²) >= 11 is 0. The van der Waals surface area contributed by atoms with Crippen molar-refractivity contribution in [3.8, 4) is 11.5 Å². The van der Waals surface area contributed by atoms with Gasteiger partial charge in [-0.2, -0.15) is 0 Å². The molecule has 0 saturated heterocycles. The van der Waals surface area contributed by atoms with Gasteiger partial charge in [-0.15, -0.1) is 0 Å². The number of hydrogen-bond donors (Lipinski definition) is 2. The van der Waals surface area contributed by atoms with Crippen LogP contribution in [0.2, 0.25) is 0 Å². The summed E-state index contributed by atoms with van der Waals surface area (Å²) in [6, 6.07) is 12.1. The molecule has 23 heavy (non-hydrogen) atoms. The number of benzene rings is 2. The molecule has 0 radical (unpaired) electrons. The van der Waals surface area contributed by atoms with Crippen LogP contribution in [0.3, 0.4) is 0 Å². The van der Waals surface area contributed by atoms with Gasteiger partial charge in [0.2, 0.25) is 6.41 Å². The van der Waals surface area contributed by atoms with E-state index in [1.165, 1.54) is 0 Å². The van der Waals surface area contributed by atoms with Crippen molar-refractivity contribution in [2.75, 3.05) is 24.4 Å². The van der Waals surface area contributed by atoms with Gasteiger partial charge in [0.15, 0.2) is 5.75 Å². The summed E-state index contributed by atoms with van der Waals surface area (Å²) in [5, 5.41) is 5.27. The highest BCUT2D eigenvalue weighted by Gasteiger charge is 2.20. The van der Waals surface area contributed by atoms with Crippen LogP contribution in [-0.2, 0) is 9.53 Å². The first-order chi connectivity index (χ1) is 11.2. The van der Waals surface area contributed by atoms with Crippen LogP contribution in [-0.4, -0.2) is 26.0 Å². The van der Waals surface area contributed by atoms with E-state index in [0.29, 0.717) is 34.8 Å². The monoisotopic (exact) mass is 314 g/mol. The van der Waals surface area contributed by atoms with Crippen molar-refractivity contribution < 1.29 is 19.1 Å². The lowest BCUT2D eigenvalue weighted by molar-refractivity contribution is -0.105. The van der Waals surface area contributed by atoms with E-state index in [1.54, 1.807) is 37.4 Å². The summed E-state index contributed by atoms with van der Waals surface area (Å²) < 4.78 is 10.2. The molecule has 1 aliphatic rings. The summed E-state index contributed by atoms with van der Waals surface area (Å²) in [7, 11) is 1.68. The third kappa shape index (κ3) is 4.08. The van der Waals surface area contributed by atoms with E-state index in [2.05, 4.69) is 15.4 Å². The first-order valence-electron chi connectivity index (χ1n) is 7.11. The number of methoxy groups -OCH3 is 1. The number of carbonyl (C=O) groups excluding carboxylic acids is 2. The van der Waals surface area contributed by atoms with Gasteiger partial charge in [0, 0.05) is 19.4 Å². The van der Waals surface area contributed by atoms with Crippen molar-refractivity contribution in [1.82, 2.24) is 0 Å². The summed E-state index contributed by atoms with van der Waals surface area (Å²) in [4.78, 5) is 22.5. The summed E-state index contributed by atoms with van der Waals surface area (Å²) in [6.07, 6.45) is 0.561. The minimum atomic E-state index is -0.269. The lowest BCUT2D eigenvalue weighted by Gasteiger charge is -2.07. The van der Waals surface area contributed by atoms with Crippen LogP contribution in [0.4, 0.5) is 11.4 Å². The highest BCUT2D eigenvalue weighted by atomic mass is 16.5. The van der Waals surface area contributed by atoms with Crippen LogP contribution in [0.25, 0.3) is 0 Å². The van der Waals surface area contributed by atoms with Gasteiger partial charge in [0.25, 0.3) is 5.91 Å². The molecule has 1 heterocycles. The molecular formula is C17H18N2O4. The highest BCUT2D eigenvalue weighted by Crippen LogP contribution is 2.36. The van der Waals surface area contributed by atoms with Gasteiger partial charge >= 0.3 is 0 Å². The van der Waals surface area contributed by atoms with Crippen molar-refractivity contribution in [2.45, 2.75) is 6.92 Å². The number of para-hydroxylation sites is 2. The smallest absolute Gasteiger partial charge is 0.259 e. The fraction of sp³-hybridized carbons (Fsp3) is 0.176. The molecule has 0 saturated carbocycles. The van der Waals surface area contributed by atoms with Gasteiger partial charge < -0.3 is 20.1 Å². The zero-order chi connectivity index (χ0) is 16.7. The number of fused-ring (bicyclic) bond motifs is 2. The van der Waals surface area contributed by atoms with E-state index in [1.807, 2.05) is 19.1 Å². The minimum absolute atomic E-state index is 0.269. The molecule has 0 aliphatic carbocycles. The second-order valence-electron chi connectivity index (χ2n) is 4.60. The number of hydrogen-bond acceptors (Lipinski definition) is 4. The minimum Gasteiger partial charge on any atom is -0.454 e. The Bertz CT molecular complexity index is 699. The zero-order valence-corrected chi connectivity index (χ0v) is 13.0. The van der Waals surface area contributed by atoms with Gasteiger partial charge in [-0.25, -0.2) is 0 Å². The predicted molar refractivity (Wildman–Crippen MR) is 88.1 cm³/mol. The van der Waals surface area contributed by atoms with Gasteiger partial charge in [0.05, 0.1) is 11.3 Å². The average Bonchev–Trinajstić information content (AvgIpc) is 2.71. The fourth-order valence-corrected chi connectivity index (χ4v) is 1.92. The molecule has 2 aromatic rings. The Morgan fingerprint density at radius 3 is 2.65 bits per heavy atom. The Morgan fingerprint density at radius 1 is 1.22 bits per heavy atom. The predicted octanol–water partition coefficient (Wildman–Crippen LogP) is 3.27. The normalized spacial score (nSPS) is 11.5. The number of rotatable bonds is 3. The molecule has 0 bridgehead atoms. The van der Waals surface area contributed by atoms with Crippen LogP contribution < -0.4 is 15.4 Å². The molecule has 6 nitrogen and oxygen atoms in total. The standard InChI is InChI=1S/C14H10N2O3.C3H8O/c17-8-15-9-5-6-12-10(7-9)14(18)16-11-3-1-2-4-13(11)19-12;1-3-4-2/h1-8H,(H,15,17)(H,16,18);3H2,1-2H3. The zero-order valence-electron chi connectivity index (χ0n) is 13.0. The Kier molecular flexibility index (Phi) is 5.71. The molecule has 1 aliphatic heterocycles. The van der Waals surface area contributed by atoms with Crippen molar-refractivity contribution in [2.24, 2.45) is 0 Å². The van der Waals surface area contributed by atoms with Gasteiger partial charge in [-0.3, -0.25) is 9.59 Å². The SMILES string of the molecule is CCOC.O=CNc1ccc2c(c1)C(=O)Nc1ccccc1O2.